The van der Waals surface area contributed by atoms with Crippen molar-refractivity contribution in [2.45, 2.75) is 45.8 Å². The fraction of sp³-hybridized carbons (Fsp3) is 0.923. The van der Waals surface area contributed by atoms with E-state index in [2.05, 4.69) is 38.2 Å². The van der Waals surface area contributed by atoms with Crippen molar-refractivity contribution in [2.24, 2.45) is 5.92 Å². The predicted molar refractivity (Wildman–Crippen MR) is 70.7 cm³/mol. The summed E-state index contributed by atoms with van der Waals surface area (Å²) in [6.07, 6.45) is 2.32. The van der Waals surface area contributed by atoms with Crippen molar-refractivity contribution in [1.82, 2.24) is 15.1 Å². The molecule has 1 saturated heterocycles. The molecule has 0 saturated carbocycles. The maximum atomic E-state index is 12.0. The summed E-state index contributed by atoms with van der Waals surface area (Å²) in [6.45, 7) is 8.26. The van der Waals surface area contributed by atoms with E-state index in [-0.39, 0.29) is 18.1 Å². The Bertz CT molecular complexity index is 253. The van der Waals surface area contributed by atoms with Crippen molar-refractivity contribution < 1.29 is 4.79 Å². The Balaban J connectivity index is 2.48. The third-order valence-electron chi connectivity index (χ3n) is 3.17. The van der Waals surface area contributed by atoms with Crippen LogP contribution in [0.15, 0.2) is 0 Å². The van der Waals surface area contributed by atoms with E-state index in [9.17, 15) is 4.79 Å². The Hall–Kier alpha value is -0.610. The third-order valence-corrected chi connectivity index (χ3v) is 3.17. The lowest BCUT2D eigenvalue weighted by Crippen LogP contribution is -2.39. The van der Waals surface area contributed by atoms with Crippen LogP contribution in [0.25, 0.3) is 0 Å². The summed E-state index contributed by atoms with van der Waals surface area (Å²) in [5.41, 5.74) is 0. The van der Waals surface area contributed by atoms with Gasteiger partial charge in [-0.05, 0) is 46.3 Å². The second kappa shape index (κ2) is 6.36. The van der Waals surface area contributed by atoms with Crippen LogP contribution in [0.5, 0.6) is 0 Å². The Kier molecular flexibility index (Phi) is 5.40. The Morgan fingerprint density at radius 3 is 2.59 bits per heavy atom. The van der Waals surface area contributed by atoms with Crippen LogP contribution in [0.4, 0.5) is 0 Å². The summed E-state index contributed by atoms with van der Waals surface area (Å²) in [7, 11) is 4.14. The minimum Gasteiger partial charge on any atom is -0.326 e. The van der Waals surface area contributed by atoms with Crippen molar-refractivity contribution in [3.05, 3.63) is 0 Å². The average molecular weight is 241 g/mol. The molecule has 0 bridgehead atoms. The molecule has 1 rings (SSSR count). The van der Waals surface area contributed by atoms with Gasteiger partial charge in [-0.15, -0.1) is 0 Å². The SMILES string of the molecule is CC(C)CC1NC(C)C(=O)N1CCCN(C)C. The summed E-state index contributed by atoms with van der Waals surface area (Å²) < 4.78 is 0. The van der Waals surface area contributed by atoms with E-state index in [1.54, 1.807) is 0 Å². The number of nitrogens with one attached hydrogen (secondary N) is 1. The molecule has 1 amide bonds. The molecule has 0 spiro atoms. The molecule has 0 aromatic heterocycles. The fourth-order valence-electron chi connectivity index (χ4n) is 2.32. The summed E-state index contributed by atoms with van der Waals surface area (Å²) in [5.74, 6) is 0.872. The van der Waals surface area contributed by atoms with E-state index < -0.39 is 0 Å². The molecule has 0 aromatic carbocycles. The van der Waals surface area contributed by atoms with Gasteiger partial charge in [-0.1, -0.05) is 13.8 Å². The van der Waals surface area contributed by atoms with Gasteiger partial charge in [0.2, 0.25) is 5.91 Å². The van der Waals surface area contributed by atoms with E-state index in [1.807, 2.05) is 11.8 Å². The topological polar surface area (TPSA) is 35.6 Å². The third kappa shape index (κ3) is 4.28. The second-order valence-corrected chi connectivity index (χ2v) is 5.72. The molecule has 1 aliphatic rings. The number of nitrogens with zero attached hydrogens (tertiary/aromatic N) is 2. The van der Waals surface area contributed by atoms with E-state index in [0.29, 0.717) is 5.92 Å². The van der Waals surface area contributed by atoms with Gasteiger partial charge in [0.05, 0.1) is 12.2 Å². The van der Waals surface area contributed by atoms with Crippen molar-refractivity contribution >= 4 is 5.91 Å². The van der Waals surface area contributed by atoms with Gasteiger partial charge < -0.3 is 9.80 Å². The quantitative estimate of drug-likeness (QED) is 0.757. The minimum absolute atomic E-state index is 0.0156. The molecular formula is C13H27N3O. The van der Waals surface area contributed by atoms with Crippen molar-refractivity contribution in [3.63, 3.8) is 0 Å². The molecule has 17 heavy (non-hydrogen) atoms. The van der Waals surface area contributed by atoms with Crippen LogP contribution in [0.1, 0.15) is 33.6 Å². The van der Waals surface area contributed by atoms with E-state index >= 15 is 0 Å². The molecule has 0 aliphatic carbocycles. The van der Waals surface area contributed by atoms with Crippen LogP contribution in [0.3, 0.4) is 0 Å². The number of hydrogen-bond acceptors (Lipinski definition) is 3. The number of amides is 1. The molecule has 1 aliphatic heterocycles. The zero-order chi connectivity index (χ0) is 13.0. The smallest absolute Gasteiger partial charge is 0.240 e. The normalized spacial score (nSPS) is 25.4. The first-order chi connectivity index (χ1) is 7.91. The number of carbonyl (C=O) groups excluding carboxylic acids is 1. The summed E-state index contributed by atoms with van der Waals surface area (Å²) >= 11 is 0. The van der Waals surface area contributed by atoms with Crippen LogP contribution in [-0.4, -0.2) is 55.1 Å². The lowest BCUT2D eigenvalue weighted by atomic mass is 10.1. The minimum atomic E-state index is -0.0156. The van der Waals surface area contributed by atoms with Gasteiger partial charge in [-0.3, -0.25) is 10.1 Å². The van der Waals surface area contributed by atoms with Crippen LogP contribution in [-0.2, 0) is 4.79 Å². The maximum absolute atomic E-state index is 12.0. The standard InChI is InChI=1S/C13H27N3O/c1-10(2)9-12-14-11(3)13(17)16(12)8-6-7-15(4)5/h10-12,14H,6-9H2,1-5H3. The first-order valence-corrected chi connectivity index (χ1v) is 6.63. The Morgan fingerprint density at radius 2 is 2.06 bits per heavy atom. The van der Waals surface area contributed by atoms with Gasteiger partial charge in [0.25, 0.3) is 0 Å². The second-order valence-electron chi connectivity index (χ2n) is 5.72. The number of hydrogen-bond donors (Lipinski definition) is 1. The molecule has 1 N–H and O–H groups in total. The highest BCUT2D eigenvalue weighted by Crippen LogP contribution is 2.17. The molecule has 2 unspecified atom stereocenters. The average Bonchev–Trinajstić information content (AvgIpc) is 2.44. The molecule has 4 heteroatoms. The fourth-order valence-corrected chi connectivity index (χ4v) is 2.32. The van der Waals surface area contributed by atoms with Gasteiger partial charge in [0.15, 0.2) is 0 Å². The van der Waals surface area contributed by atoms with Crippen LogP contribution in [0, 0.1) is 5.92 Å². The Morgan fingerprint density at radius 1 is 1.41 bits per heavy atom. The van der Waals surface area contributed by atoms with Gasteiger partial charge in [-0.25, -0.2) is 0 Å². The first-order valence-electron chi connectivity index (χ1n) is 6.63. The molecule has 4 nitrogen and oxygen atoms in total. The first kappa shape index (κ1) is 14.5. The summed E-state index contributed by atoms with van der Waals surface area (Å²) in [6, 6.07) is -0.0156. The van der Waals surface area contributed by atoms with Crippen LogP contribution in [0.2, 0.25) is 0 Å². The molecule has 0 aromatic rings. The Labute approximate surface area is 105 Å². The summed E-state index contributed by atoms with van der Waals surface area (Å²) in [4.78, 5) is 16.2. The van der Waals surface area contributed by atoms with E-state index in [1.165, 1.54) is 0 Å². The van der Waals surface area contributed by atoms with Crippen LogP contribution < -0.4 is 5.32 Å². The predicted octanol–water partition coefficient (Wildman–Crippen LogP) is 1.13. The van der Waals surface area contributed by atoms with E-state index in [0.717, 1.165) is 25.9 Å². The lowest BCUT2D eigenvalue weighted by molar-refractivity contribution is -0.130. The van der Waals surface area contributed by atoms with Gasteiger partial charge in [0, 0.05) is 6.54 Å². The molecular weight excluding hydrogens is 214 g/mol. The highest BCUT2D eigenvalue weighted by atomic mass is 16.2. The van der Waals surface area contributed by atoms with Crippen molar-refractivity contribution in [3.8, 4) is 0 Å². The lowest BCUT2D eigenvalue weighted by Gasteiger charge is -2.26. The molecule has 1 heterocycles. The molecule has 0 radical (unpaired) electrons. The van der Waals surface area contributed by atoms with Gasteiger partial charge in [-0.2, -0.15) is 0 Å². The number of rotatable bonds is 6. The zero-order valence-electron chi connectivity index (χ0n) is 11.9. The molecule has 2 atom stereocenters. The molecule has 1 fully saturated rings. The monoisotopic (exact) mass is 241 g/mol. The van der Waals surface area contributed by atoms with Crippen molar-refractivity contribution in [1.29, 1.82) is 0 Å². The zero-order valence-corrected chi connectivity index (χ0v) is 11.9. The number of carbonyl (C=O) groups is 1. The van der Waals surface area contributed by atoms with Gasteiger partial charge in [0.1, 0.15) is 0 Å². The van der Waals surface area contributed by atoms with Gasteiger partial charge >= 0.3 is 0 Å². The highest BCUT2D eigenvalue weighted by molar-refractivity contribution is 5.83. The van der Waals surface area contributed by atoms with Crippen molar-refractivity contribution in [2.75, 3.05) is 27.2 Å². The largest absolute Gasteiger partial charge is 0.326 e. The summed E-state index contributed by atoms with van der Waals surface area (Å²) in [5, 5.41) is 3.39. The maximum Gasteiger partial charge on any atom is 0.240 e. The highest BCUT2D eigenvalue weighted by Gasteiger charge is 2.35. The van der Waals surface area contributed by atoms with Crippen LogP contribution >= 0.6 is 0 Å². The molecule has 100 valence electrons. The van der Waals surface area contributed by atoms with E-state index in [4.69, 9.17) is 0 Å².